The van der Waals surface area contributed by atoms with Crippen LogP contribution in [0.2, 0.25) is 5.02 Å². The van der Waals surface area contributed by atoms with Gasteiger partial charge >= 0.3 is 0 Å². The second kappa shape index (κ2) is 6.13. The normalized spacial score (nSPS) is 10.1. The van der Waals surface area contributed by atoms with Gasteiger partial charge in [-0.2, -0.15) is 0 Å². The average molecular weight is 292 g/mol. The van der Waals surface area contributed by atoms with Crippen LogP contribution in [-0.4, -0.2) is 18.2 Å². The van der Waals surface area contributed by atoms with Gasteiger partial charge in [0.1, 0.15) is 5.75 Å². The molecule has 0 unspecified atom stereocenters. The number of ketones is 1. The van der Waals surface area contributed by atoms with Crippen molar-refractivity contribution in [2.24, 2.45) is 0 Å². The van der Waals surface area contributed by atoms with Crippen LogP contribution in [0.4, 0.5) is 0 Å². The average Bonchev–Trinajstić information content (AvgIpc) is 2.26. The summed E-state index contributed by atoms with van der Waals surface area (Å²) in [7, 11) is 1.54. The van der Waals surface area contributed by atoms with Crippen LogP contribution in [-0.2, 0) is 0 Å². The molecule has 1 rings (SSSR count). The Hall–Kier alpha value is -0.540. The highest BCUT2D eigenvalue weighted by molar-refractivity contribution is 9.09. The quantitative estimate of drug-likeness (QED) is 0.611. The van der Waals surface area contributed by atoms with Crippen molar-refractivity contribution in [3.63, 3.8) is 0 Å². The number of methoxy groups -OCH3 is 1. The van der Waals surface area contributed by atoms with E-state index in [0.717, 1.165) is 11.8 Å². The molecule has 0 amide bonds. The number of carbonyl (C=O) groups is 1. The van der Waals surface area contributed by atoms with Gasteiger partial charge in [0.05, 0.1) is 12.1 Å². The largest absolute Gasteiger partial charge is 0.495 e. The van der Waals surface area contributed by atoms with Crippen LogP contribution in [0.15, 0.2) is 18.2 Å². The highest BCUT2D eigenvalue weighted by Crippen LogP contribution is 2.25. The van der Waals surface area contributed by atoms with Gasteiger partial charge in [0.2, 0.25) is 0 Å². The summed E-state index contributed by atoms with van der Waals surface area (Å²) in [5.41, 5.74) is 0.650. The Morgan fingerprint density at radius 2 is 2.27 bits per heavy atom. The van der Waals surface area contributed by atoms with Gasteiger partial charge in [-0.05, 0) is 24.6 Å². The van der Waals surface area contributed by atoms with E-state index in [2.05, 4.69) is 15.9 Å². The minimum Gasteiger partial charge on any atom is -0.495 e. The van der Waals surface area contributed by atoms with Gasteiger partial charge in [0.15, 0.2) is 5.78 Å². The second-order valence-corrected chi connectivity index (χ2v) is 4.27. The van der Waals surface area contributed by atoms with Gasteiger partial charge < -0.3 is 4.74 Å². The monoisotopic (exact) mass is 290 g/mol. The van der Waals surface area contributed by atoms with Crippen LogP contribution < -0.4 is 4.74 Å². The number of hydrogen-bond donors (Lipinski definition) is 0. The molecule has 82 valence electrons. The Morgan fingerprint density at radius 3 is 2.87 bits per heavy atom. The van der Waals surface area contributed by atoms with Crippen LogP contribution in [0.5, 0.6) is 5.75 Å². The van der Waals surface area contributed by atoms with E-state index in [1.165, 1.54) is 7.11 Å². The summed E-state index contributed by atoms with van der Waals surface area (Å²) in [6.07, 6.45) is 1.37. The lowest BCUT2D eigenvalue weighted by Crippen LogP contribution is -1.99. The lowest BCUT2D eigenvalue weighted by atomic mass is 10.1. The molecule has 0 radical (unpaired) electrons. The molecule has 15 heavy (non-hydrogen) atoms. The molecule has 0 atom stereocenters. The summed E-state index contributed by atoms with van der Waals surface area (Å²) in [5.74, 6) is 0.658. The molecular weight excluding hydrogens is 279 g/mol. The maximum Gasteiger partial charge on any atom is 0.163 e. The van der Waals surface area contributed by atoms with Crippen molar-refractivity contribution in [2.45, 2.75) is 12.8 Å². The number of hydrogen-bond acceptors (Lipinski definition) is 2. The minimum absolute atomic E-state index is 0.115. The van der Waals surface area contributed by atoms with E-state index in [4.69, 9.17) is 16.3 Å². The third kappa shape index (κ3) is 3.50. The minimum atomic E-state index is 0.115. The summed E-state index contributed by atoms with van der Waals surface area (Å²) in [5, 5.41) is 1.36. The summed E-state index contributed by atoms with van der Waals surface area (Å²) < 4.78 is 5.05. The SMILES string of the molecule is COc1cc(C(=O)CCCBr)ccc1Cl. The molecule has 2 nitrogen and oxygen atoms in total. The topological polar surface area (TPSA) is 26.3 Å². The maximum atomic E-state index is 11.7. The Bertz CT molecular complexity index is 352. The number of rotatable bonds is 5. The van der Waals surface area contributed by atoms with Crippen molar-refractivity contribution in [3.05, 3.63) is 28.8 Å². The van der Waals surface area contributed by atoms with Crippen LogP contribution in [0, 0.1) is 0 Å². The Morgan fingerprint density at radius 1 is 1.53 bits per heavy atom. The van der Waals surface area contributed by atoms with Gasteiger partial charge in [0, 0.05) is 17.3 Å². The fourth-order valence-corrected chi connectivity index (χ4v) is 1.68. The van der Waals surface area contributed by atoms with E-state index in [1.807, 2.05) is 0 Å². The first-order chi connectivity index (χ1) is 7.19. The number of benzene rings is 1. The molecule has 1 aromatic carbocycles. The molecule has 0 spiro atoms. The van der Waals surface area contributed by atoms with E-state index in [9.17, 15) is 4.79 Å². The number of ether oxygens (including phenoxy) is 1. The molecule has 0 aliphatic rings. The Kier molecular flexibility index (Phi) is 5.12. The van der Waals surface area contributed by atoms with Crippen molar-refractivity contribution in [1.29, 1.82) is 0 Å². The summed E-state index contributed by atoms with van der Waals surface area (Å²) in [6, 6.07) is 5.09. The smallest absolute Gasteiger partial charge is 0.163 e. The first kappa shape index (κ1) is 12.5. The highest BCUT2D eigenvalue weighted by atomic mass is 79.9. The van der Waals surface area contributed by atoms with Crippen LogP contribution in [0.25, 0.3) is 0 Å². The van der Waals surface area contributed by atoms with Crippen molar-refractivity contribution < 1.29 is 9.53 Å². The van der Waals surface area contributed by atoms with Crippen LogP contribution in [0.3, 0.4) is 0 Å². The molecule has 0 aromatic heterocycles. The van der Waals surface area contributed by atoms with Crippen molar-refractivity contribution in [1.82, 2.24) is 0 Å². The van der Waals surface area contributed by atoms with Crippen LogP contribution >= 0.6 is 27.5 Å². The van der Waals surface area contributed by atoms with E-state index in [0.29, 0.717) is 22.8 Å². The molecule has 0 fully saturated rings. The standard InChI is InChI=1S/C11H12BrClO2/c1-15-11-7-8(4-5-9(11)13)10(14)3-2-6-12/h4-5,7H,2-3,6H2,1H3. The molecule has 0 aliphatic heterocycles. The Balaban J connectivity index is 2.81. The number of Topliss-reactive ketones (excluding diaryl/α,β-unsaturated/α-hetero) is 1. The van der Waals surface area contributed by atoms with Crippen molar-refractivity contribution in [3.8, 4) is 5.75 Å². The number of alkyl halides is 1. The predicted molar refractivity (Wildman–Crippen MR) is 65.4 cm³/mol. The van der Waals surface area contributed by atoms with Crippen molar-refractivity contribution >= 4 is 33.3 Å². The molecule has 0 bridgehead atoms. The lowest BCUT2D eigenvalue weighted by Gasteiger charge is -2.05. The van der Waals surface area contributed by atoms with E-state index in [-0.39, 0.29) is 5.78 Å². The molecule has 0 saturated heterocycles. The summed E-state index contributed by atoms with van der Waals surface area (Å²) in [6.45, 7) is 0. The van der Waals surface area contributed by atoms with E-state index < -0.39 is 0 Å². The summed E-state index contributed by atoms with van der Waals surface area (Å²) >= 11 is 9.15. The maximum absolute atomic E-state index is 11.7. The van der Waals surface area contributed by atoms with Crippen LogP contribution in [0.1, 0.15) is 23.2 Å². The molecule has 1 aromatic rings. The highest BCUT2D eigenvalue weighted by Gasteiger charge is 2.08. The zero-order valence-corrected chi connectivity index (χ0v) is 10.8. The van der Waals surface area contributed by atoms with Gasteiger partial charge in [-0.15, -0.1) is 0 Å². The predicted octanol–water partition coefficient (Wildman–Crippen LogP) is 3.71. The molecule has 0 N–H and O–H groups in total. The van der Waals surface area contributed by atoms with E-state index >= 15 is 0 Å². The molecule has 0 aliphatic carbocycles. The number of halogens is 2. The first-order valence-electron chi connectivity index (χ1n) is 4.61. The lowest BCUT2D eigenvalue weighted by molar-refractivity contribution is 0.0982. The van der Waals surface area contributed by atoms with Gasteiger partial charge in [-0.3, -0.25) is 4.79 Å². The fourth-order valence-electron chi connectivity index (χ4n) is 1.20. The van der Waals surface area contributed by atoms with Gasteiger partial charge in [-0.1, -0.05) is 27.5 Å². The summed E-state index contributed by atoms with van der Waals surface area (Å²) in [4.78, 5) is 11.7. The third-order valence-electron chi connectivity index (χ3n) is 2.01. The van der Waals surface area contributed by atoms with Crippen molar-refractivity contribution in [2.75, 3.05) is 12.4 Å². The van der Waals surface area contributed by atoms with Gasteiger partial charge in [-0.25, -0.2) is 0 Å². The second-order valence-electron chi connectivity index (χ2n) is 3.07. The molecule has 0 saturated carbocycles. The molecule has 4 heteroatoms. The zero-order chi connectivity index (χ0) is 11.3. The van der Waals surface area contributed by atoms with E-state index in [1.54, 1.807) is 18.2 Å². The fraction of sp³-hybridized carbons (Fsp3) is 0.364. The molecular formula is C11H12BrClO2. The number of carbonyl (C=O) groups excluding carboxylic acids is 1. The zero-order valence-electron chi connectivity index (χ0n) is 8.43. The van der Waals surface area contributed by atoms with Gasteiger partial charge in [0.25, 0.3) is 0 Å². The first-order valence-corrected chi connectivity index (χ1v) is 6.11. The molecule has 0 heterocycles. The Labute approximate surface area is 103 Å². The third-order valence-corrected chi connectivity index (χ3v) is 2.88.